The lowest BCUT2D eigenvalue weighted by Crippen LogP contribution is -2.37. The standard InChI is InChI=1S/C15H24ClNO2/c1-5-19-10-14(11(2)3)17-9-12-13(16)7-6-8-15(12)18-4/h6-8,11,14,17H,5,9-10H2,1-4H3. The zero-order valence-corrected chi connectivity index (χ0v) is 13.0. The van der Waals surface area contributed by atoms with Crippen LogP contribution in [0.15, 0.2) is 18.2 Å². The molecular formula is C15H24ClNO2. The normalized spacial score (nSPS) is 12.7. The monoisotopic (exact) mass is 285 g/mol. The Morgan fingerprint density at radius 3 is 2.63 bits per heavy atom. The van der Waals surface area contributed by atoms with E-state index in [4.69, 9.17) is 21.1 Å². The summed E-state index contributed by atoms with van der Waals surface area (Å²) >= 11 is 6.22. The Bertz CT molecular complexity index is 382. The van der Waals surface area contributed by atoms with Crippen molar-refractivity contribution in [2.75, 3.05) is 20.3 Å². The molecule has 1 N–H and O–H groups in total. The topological polar surface area (TPSA) is 30.5 Å². The molecule has 1 atom stereocenters. The van der Waals surface area contributed by atoms with Gasteiger partial charge in [-0.1, -0.05) is 31.5 Å². The third-order valence-electron chi connectivity index (χ3n) is 3.14. The molecule has 0 amide bonds. The summed E-state index contributed by atoms with van der Waals surface area (Å²) in [7, 11) is 1.66. The first kappa shape index (κ1) is 16.3. The SMILES string of the molecule is CCOCC(NCc1c(Cl)cccc1OC)C(C)C. The highest BCUT2D eigenvalue weighted by atomic mass is 35.5. The molecule has 0 aliphatic heterocycles. The Morgan fingerprint density at radius 2 is 2.05 bits per heavy atom. The molecule has 0 bridgehead atoms. The van der Waals surface area contributed by atoms with Crippen molar-refractivity contribution in [3.05, 3.63) is 28.8 Å². The van der Waals surface area contributed by atoms with Gasteiger partial charge in [0.2, 0.25) is 0 Å². The van der Waals surface area contributed by atoms with Gasteiger partial charge < -0.3 is 14.8 Å². The summed E-state index contributed by atoms with van der Waals surface area (Å²) < 4.78 is 10.8. The van der Waals surface area contributed by atoms with E-state index in [-0.39, 0.29) is 0 Å². The second-order valence-corrected chi connectivity index (χ2v) is 5.22. The third kappa shape index (κ3) is 5.01. The number of hydrogen-bond acceptors (Lipinski definition) is 3. The summed E-state index contributed by atoms with van der Waals surface area (Å²) in [6.07, 6.45) is 0. The number of halogens is 1. The summed E-state index contributed by atoms with van der Waals surface area (Å²) in [4.78, 5) is 0. The van der Waals surface area contributed by atoms with Gasteiger partial charge in [0.05, 0.1) is 13.7 Å². The first-order chi connectivity index (χ1) is 9.10. The van der Waals surface area contributed by atoms with Gasteiger partial charge in [-0.25, -0.2) is 0 Å². The van der Waals surface area contributed by atoms with Crippen molar-refractivity contribution in [1.29, 1.82) is 0 Å². The molecule has 108 valence electrons. The fraction of sp³-hybridized carbons (Fsp3) is 0.600. The Morgan fingerprint density at radius 1 is 1.32 bits per heavy atom. The third-order valence-corrected chi connectivity index (χ3v) is 3.50. The first-order valence-corrected chi connectivity index (χ1v) is 7.10. The van der Waals surface area contributed by atoms with Gasteiger partial charge in [-0.15, -0.1) is 0 Å². The van der Waals surface area contributed by atoms with Crippen LogP contribution in [0.4, 0.5) is 0 Å². The quantitative estimate of drug-likeness (QED) is 0.793. The Kier molecular flexibility index (Phi) is 7.21. The second kappa shape index (κ2) is 8.41. The number of ether oxygens (including phenoxy) is 2. The van der Waals surface area contributed by atoms with Crippen LogP contribution < -0.4 is 10.1 Å². The highest BCUT2D eigenvalue weighted by Crippen LogP contribution is 2.26. The van der Waals surface area contributed by atoms with E-state index >= 15 is 0 Å². The number of methoxy groups -OCH3 is 1. The summed E-state index contributed by atoms with van der Waals surface area (Å²) in [5, 5.41) is 4.22. The van der Waals surface area contributed by atoms with E-state index < -0.39 is 0 Å². The summed E-state index contributed by atoms with van der Waals surface area (Å²) in [6, 6.07) is 6.01. The maximum Gasteiger partial charge on any atom is 0.124 e. The van der Waals surface area contributed by atoms with Crippen molar-refractivity contribution in [2.45, 2.75) is 33.4 Å². The average molecular weight is 286 g/mol. The molecule has 0 spiro atoms. The van der Waals surface area contributed by atoms with Gasteiger partial charge in [-0.05, 0) is 25.0 Å². The molecule has 1 unspecified atom stereocenters. The van der Waals surface area contributed by atoms with Gasteiger partial charge in [0.1, 0.15) is 5.75 Å². The second-order valence-electron chi connectivity index (χ2n) is 4.81. The molecule has 0 aliphatic rings. The first-order valence-electron chi connectivity index (χ1n) is 6.72. The Balaban J connectivity index is 2.68. The number of hydrogen-bond donors (Lipinski definition) is 1. The van der Waals surface area contributed by atoms with Crippen molar-refractivity contribution in [3.8, 4) is 5.75 Å². The lowest BCUT2D eigenvalue weighted by molar-refractivity contribution is 0.107. The minimum absolute atomic E-state index is 0.306. The Labute approximate surface area is 121 Å². The van der Waals surface area contributed by atoms with Gasteiger partial charge in [0.25, 0.3) is 0 Å². The molecule has 0 saturated heterocycles. The van der Waals surface area contributed by atoms with Gasteiger partial charge in [0.15, 0.2) is 0 Å². The molecule has 0 aromatic heterocycles. The van der Waals surface area contributed by atoms with E-state index in [9.17, 15) is 0 Å². The molecule has 1 aromatic carbocycles. The van der Waals surface area contributed by atoms with Crippen molar-refractivity contribution in [1.82, 2.24) is 5.32 Å². The van der Waals surface area contributed by atoms with Crippen LogP contribution in [0.25, 0.3) is 0 Å². The van der Waals surface area contributed by atoms with Crippen LogP contribution >= 0.6 is 11.6 Å². The zero-order valence-electron chi connectivity index (χ0n) is 12.2. The highest BCUT2D eigenvalue weighted by Gasteiger charge is 2.15. The molecule has 1 aromatic rings. The molecule has 3 nitrogen and oxygen atoms in total. The molecule has 0 fully saturated rings. The molecule has 0 heterocycles. The van der Waals surface area contributed by atoms with E-state index in [0.29, 0.717) is 25.1 Å². The van der Waals surface area contributed by atoms with Crippen LogP contribution in [-0.2, 0) is 11.3 Å². The Hall–Kier alpha value is -0.770. The van der Waals surface area contributed by atoms with Gasteiger partial charge in [-0.2, -0.15) is 0 Å². The maximum absolute atomic E-state index is 6.22. The van der Waals surface area contributed by atoms with Gasteiger partial charge in [0, 0.05) is 29.8 Å². The van der Waals surface area contributed by atoms with E-state index in [1.165, 1.54) is 0 Å². The maximum atomic E-state index is 6.22. The van der Waals surface area contributed by atoms with Crippen LogP contribution in [0.2, 0.25) is 5.02 Å². The summed E-state index contributed by atoms with van der Waals surface area (Å²) in [5.41, 5.74) is 0.994. The molecule has 1 rings (SSSR count). The van der Waals surface area contributed by atoms with Crippen LogP contribution in [-0.4, -0.2) is 26.4 Å². The lowest BCUT2D eigenvalue weighted by Gasteiger charge is -2.23. The predicted molar refractivity (Wildman–Crippen MR) is 80.0 cm³/mol. The summed E-state index contributed by atoms with van der Waals surface area (Å²) in [5.74, 6) is 1.32. The smallest absolute Gasteiger partial charge is 0.124 e. The molecular weight excluding hydrogens is 262 g/mol. The van der Waals surface area contributed by atoms with Crippen LogP contribution in [0.1, 0.15) is 26.3 Å². The van der Waals surface area contributed by atoms with Crippen LogP contribution in [0, 0.1) is 5.92 Å². The molecule has 4 heteroatoms. The lowest BCUT2D eigenvalue weighted by atomic mass is 10.0. The predicted octanol–water partition coefficient (Wildman–Crippen LogP) is 3.50. The van der Waals surface area contributed by atoms with E-state index in [1.807, 2.05) is 25.1 Å². The molecule has 0 aliphatic carbocycles. The van der Waals surface area contributed by atoms with E-state index in [0.717, 1.165) is 22.9 Å². The largest absolute Gasteiger partial charge is 0.496 e. The van der Waals surface area contributed by atoms with Crippen molar-refractivity contribution >= 4 is 11.6 Å². The molecule has 0 radical (unpaired) electrons. The van der Waals surface area contributed by atoms with Crippen molar-refractivity contribution < 1.29 is 9.47 Å². The van der Waals surface area contributed by atoms with Crippen molar-refractivity contribution in [3.63, 3.8) is 0 Å². The fourth-order valence-electron chi connectivity index (χ4n) is 1.87. The zero-order chi connectivity index (χ0) is 14.3. The minimum atomic E-state index is 0.306. The van der Waals surface area contributed by atoms with Gasteiger partial charge in [-0.3, -0.25) is 0 Å². The van der Waals surface area contributed by atoms with E-state index in [2.05, 4.69) is 19.2 Å². The summed E-state index contributed by atoms with van der Waals surface area (Å²) in [6.45, 7) is 8.50. The molecule has 0 saturated carbocycles. The number of rotatable bonds is 8. The molecule has 19 heavy (non-hydrogen) atoms. The fourth-order valence-corrected chi connectivity index (χ4v) is 2.10. The van der Waals surface area contributed by atoms with Crippen molar-refractivity contribution in [2.24, 2.45) is 5.92 Å². The highest BCUT2D eigenvalue weighted by molar-refractivity contribution is 6.31. The number of nitrogens with one attached hydrogen (secondary N) is 1. The minimum Gasteiger partial charge on any atom is -0.496 e. The van der Waals surface area contributed by atoms with Gasteiger partial charge >= 0.3 is 0 Å². The van der Waals surface area contributed by atoms with Crippen LogP contribution in [0.5, 0.6) is 5.75 Å². The average Bonchev–Trinajstić information content (AvgIpc) is 2.39. The van der Waals surface area contributed by atoms with Crippen LogP contribution in [0.3, 0.4) is 0 Å². The van der Waals surface area contributed by atoms with E-state index in [1.54, 1.807) is 7.11 Å². The number of benzene rings is 1.